The molecule has 0 radical (unpaired) electrons. The summed E-state index contributed by atoms with van der Waals surface area (Å²) in [6, 6.07) is 5.85. The molecular formula is C22H15F5N8O. The van der Waals surface area contributed by atoms with Crippen LogP contribution in [-0.2, 0) is 12.6 Å². The van der Waals surface area contributed by atoms with Crippen molar-refractivity contribution >= 4 is 11.5 Å². The molecule has 1 aliphatic rings. The first kappa shape index (κ1) is 22.1. The maximum absolute atomic E-state index is 13.6. The van der Waals surface area contributed by atoms with E-state index in [0.717, 1.165) is 17.8 Å². The summed E-state index contributed by atoms with van der Waals surface area (Å²) in [7, 11) is 0. The summed E-state index contributed by atoms with van der Waals surface area (Å²) in [4.78, 5) is 13.0. The Morgan fingerprint density at radius 2 is 1.97 bits per heavy atom. The predicted molar refractivity (Wildman–Crippen MR) is 114 cm³/mol. The third-order valence-corrected chi connectivity index (χ3v) is 5.96. The van der Waals surface area contributed by atoms with E-state index in [1.807, 2.05) is 0 Å². The van der Waals surface area contributed by atoms with E-state index in [-0.39, 0.29) is 28.7 Å². The van der Waals surface area contributed by atoms with Crippen molar-refractivity contribution in [3.8, 4) is 11.6 Å². The average Bonchev–Trinajstić information content (AvgIpc) is 3.61. The monoisotopic (exact) mass is 502 g/mol. The lowest BCUT2D eigenvalue weighted by Gasteiger charge is -2.32. The summed E-state index contributed by atoms with van der Waals surface area (Å²) in [5, 5.41) is 12.5. The van der Waals surface area contributed by atoms with Gasteiger partial charge in [-0.05, 0) is 30.3 Å². The fourth-order valence-electron chi connectivity index (χ4n) is 4.28. The van der Waals surface area contributed by atoms with E-state index in [1.54, 1.807) is 17.2 Å². The Bertz CT molecular complexity index is 1540. The summed E-state index contributed by atoms with van der Waals surface area (Å²) >= 11 is 0. The van der Waals surface area contributed by atoms with E-state index in [4.69, 9.17) is 4.42 Å². The number of pyridine rings is 2. The molecule has 0 spiro atoms. The third kappa shape index (κ3) is 3.65. The second-order valence-corrected chi connectivity index (χ2v) is 8.10. The number of hydrogen-bond acceptors (Lipinski definition) is 7. The molecular weight excluding hydrogens is 487 g/mol. The number of nitrogens with one attached hydrogen (secondary N) is 1. The van der Waals surface area contributed by atoms with Gasteiger partial charge in [0.1, 0.15) is 11.7 Å². The SMILES string of the molecule is FC(F)c1cccn2nc([C@@H]3c4nc[nH]c4CCN3c3nnc(-c4ccc(C(F)(F)F)cn4)o3)cc12. The Morgan fingerprint density at radius 1 is 1.11 bits per heavy atom. The number of aromatic amines is 1. The van der Waals surface area contributed by atoms with E-state index in [0.29, 0.717) is 30.6 Å². The number of halogens is 5. The van der Waals surface area contributed by atoms with Gasteiger partial charge in [-0.15, -0.1) is 5.10 Å². The maximum atomic E-state index is 13.6. The van der Waals surface area contributed by atoms with Gasteiger partial charge >= 0.3 is 12.2 Å². The van der Waals surface area contributed by atoms with Crippen LogP contribution in [0.15, 0.2) is 53.5 Å². The molecule has 5 aromatic rings. The fourth-order valence-corrected chi connectivity index (χ4v) is 4.28. The number of hydrogen-bond donors (Lipinski definition) is 1. The number of rotatable bonds is 4. The zero-order valence-corrected chi connectivity index (χ0v) is 18.1. The molecule has 0 amide bonds. The summed E-state index contributed by atoms with van der Waals surface area (Å²) in [5.41, 5.74) is 1.18. The van der Waals surface area contributed by atoms with Gasteiger partial charge in [0.15, 0.2) is 0 Å². The average molecular weight is 502 g/mol. The first-order chi connectivity index (χ1) is 17.3. The Kier molecular flexibility index (Phi) is 4.98. The standard InChI is InChI=1S/C22H15F5N8O/c23-19(24)12-2-1-6-35-16(12)8-15(33-35)18-17-13(29-10-30-17)5-7-34(18)21-32-31-20(36-21)14-4-3-11(9-28-14)22(25,26)27/h1-4,6,8-10,18-19H,5,7H2,(H,29,30)/t18-/m1/s1. The Balaban J connectivity index is 1.40. The van der Waals surface area contributed by atoms with Crippen LogP contribution in [0.5, 0.6) is 0 Å². The molecule has 0 aromatic carbocycles. The first-order valence-electron chi connectivity index (χ1n) is 10.7. The van der Waals surface area contributed by atoms with Gasteiger partial charge in [0.25, 0.3) is 12.3 Å². The molecule has 0 saturated carbocycles. The highest BCUT2D eigenvalue weighted by molar-refractivity contribution is 5.58. The van der Waals surface area contributed by atoms with Crippen LogP contribution in [0.3, 0.4) is 0 Å². The molecule has 0 bridgehead atoms. The van der Waals surface area contributed by atoms with Crippen LogP contribution < -0.4 is 4.90 Å². The normalized spacial score (nSPS) is 16.2. The quantitative estimate of drug-likeness (QED) is 0.358. The van der Waals surface area contributed by atoms with Crippen molar-refractivity contribution < 1.29 is 26.4 Å². The lowest BCUT2D eigenvalue weighted by atomic mass is 10.00. The van der Waals surface area contributed by atoms with Gasteiger partial charge in [0.2, 0.25) is 0 Å². The molecule has 6 rings (SSSR count). The molecule has 9 nitrogen and oxygen atoms in total. The number of anilines is 1. The summed E-state index contributed by atoms with van der Waals surface area (Å²) in [6.07, 6.45) is -2.85. The smallest absolute Gasteiger partial charge is 0.402 e. The second kappa shape index (κ2) is 8.10. The first-order valence-corrected chi connectivity index (χ1v) is 10.7. The summed E-state index contributed by atoms with van der Waals surface area (Å²) in [6.45, 7) is 0.400. The molecule has 14 heteroatoms. The van der Waals surface area contributed by atoms with Crippen LogP contribution >= 0.6 is 0 Å². The molecule has 0 fully saturated rings. The Hall–Kier alpha value is -4.36. The highest BCUT2D eigenvalue weighted by Gasteiger charge is 2.36. The van der Waals surface area contributed by atoms with Crippen LogP contribution in [0, 0.1) is 0 Å². The van der Waals surface area contributed by atoms with Crippen molar-refractivity contribution in [2.45, 2.75) is 25.1 Å². The van der Waals surface area contributed by atoms with Crippen molar-refractivity contribution in [2.24, 2.45) is 0 Å². The topological polar surface area (TPSA) is 101 Å². The van der Waals surface area contributed by atoms with Crippen molar-refractivity contribution in [3.05, 3.63) is 77.3 Å². The minimum atomic E-state index is -4.52. The highest BCUT2D eigenvalue weighted by Crippen LogP contribution is 2.38. The van der Waals surface area contributed by atoms with E-state index < -0.39 is 24.2 Å². The summed E-state index contributed by atoms with van der Waals surface area (Å²) in [5.74, 6) is -0.0692. The third-order valence-electron chi connectivity index (χ3n) is 5.96. The molecule has 0 unspecified atom stereocenters. The lowest BCUT2D eigenvalue weighted by molar-refractivity contribution is -0.137. The molecule has 6 heterocycles. The zero-order valence-electron chi connectivity index (χ0n) is 18.1. The number of fused-ring (bicyclic) bond motifs is 2. The Labute approximate surface area is 198 Å². The number of nitrogens with zero attached hydrogens (tertiary/aromatic N) is 7. The van der Waals surface area contributed by atoms with Gasteiger partial charge in [0, 0.05) is 36.6 Å². The van der Waals surface area contributed by atoms with Crippen LogP contribution in [0.4, 0.5) is 28.0 Å². The highest BCUT2D eigenvalue weighted by atomic mass is 19.4. The lowest BCUT2D eigenvalue weighted by Crippen LogP contribution is -2.36. The van der Waals surface area contributed by atoms with E-state index in [1.165, 1.54) is 23.0 Å². The maximum Gasteiger partial charge on any atom is 0.417 e. The number of aromatic nitrogens is 7. The van der Waals surface area contributed by atoms with Crippen LogP contribution in [0.2, 0.25) is 0 Å². The minimum absolute atomic E-state index is 0.0662. The van der Waals surface area contributed by atoms with Crippen LogP contribution in [0.25, 0.3) is 17.1 Å². The van der Waals surface area contributed by atoms with Gasteiger partial charge in [-0.2, -0.15) is 18.3 Å². The van der Waals surface area contributed by atoms with Crippen LogP contribution in [0.1, 0.15) is 40.7 Å². The summed E-state index contributed by atoms with van der Waals surface area (Å²) < 4.78 is 72.9. The molecule has 0 saturated heterocycles. The fraction of sp³-hybridized carbons (Fsp3) is 0.227. The van der Waals surface area contributed by atoms with E-state index >= 15 is 0 Å². The van der Waals surface area contributed by atoms with Gasteiger partial charge in [0.05, 0.1) is 28.8 Å². The van der Waals surface area contributed by atoms with Crippen LogP contribution in [-0.4, -0.2) is 41.3 Å². The molecule has 1 atom stereocenters. The van der Waals surface area contributed by atoms with E-state index in [9.17, 15) is 22.0 Å². The molecule has 1 aliphatic heterocycles. The molecule has 36 heavy (non-hydrogen) atoms. The zero-order chi connectivity index (χ0) is 25.0. The van der Waals surface area contributed by atoms with Crippen molar-refractivity contribution in [3.63, 3.8) is 0 Å². The predicted octanol–water partition coefficient (Wildman–Crippen LogP) is 4.61. The largest absolute Gasteiger partial charge is 0.417 e. The van der Waals surface area contributed by atoms with Crippen molar-refractivity contribution in [1.82, 2.24) is 34.8 Å². The molecule has 184 valence electrons. The van der Waals surface area contributed by atoms with Crippen molar-refractivity contribution in [1.29, 1.82) is 0 Å². The number of alkyl halides is 5. The number of imidazole rings is 1. The van der Waals surface area contributed by atoms with Gasteiger partial charge in [-0.25, -0.2) is 18.3 Å². The van der Waals surface area contributed by atoms with Gasteiger partial charge in [-0.3, -0.25) is 4.98 Å². The molecule has 0 aliphatic carbocycles. The van der Waals surface area contributed by atoms with Crippen molar-refractivity contribution in [2.75, 3.05) is 11.4 Å². The minimum Gasteiger partial charge on any atom is -0.402 e. The van der Waals surface area contributed by atoms with Gasteiger partial charge < -0.3 is 14.3 Å². The van der Waals surface area contributed by atoms with E-state index in [2.05, 4.69) is 30.2 Å². The molecule has 5 aromatic heterocycles. The molecule has 1 N–H and O–H groups in total. The number of H-pyrrole nitrogens is 1. The second-order valence-electron chi connectivity index (χ2n) is 8.10. The Morgan fingerprint density at radius 3 is 2.72 bits per heavy atom. The van der Waals surface area contributed by atoms with Gasteiger partial charge in [-0.1, -0.05) is 5.10 Å².